The molecule has 1 aromatic rings. The van der Waals surface area contributed by atoms with Crippen molar-refractivity contribution < 1.29 is 4.74 Å². The van der Waals surface area contributed by atoms with Gasteiger partial charge in [-0.25, -0.2) is 4.98 Å². The van der Waals surface area contributed by atoms with Gasteiger partial charge in [-0.1, -0.05) is 6.92 Å². The Hall–Kier alpha value is -0.430. The molecule has 0 aromatic carbocycles. The molecule has 1 rings (SSSR count). The molecule has 0 spiro atoms. The summed E-state index contributed by atoms with van der Waals surface area (Å²) in [5, 5.41) is 0. The number of nitrogens with one attached hydrogen (secondary N) is 1. The minimum absolute atomic E-state index is 0.0868. The predicted molar refractivity (Wildman–Crippen MR) is 67.0 cm³/mol. The molecule has 0 amide bonds. The maximum absolute atomic E-state index is 11.5. The predicted octanol–water partition coefficient (Wildman–Crippen LogP) is 2.17. The van der Waals surface area contributed by atoms with Crippen molar-refractivity contribution >= 4 is 22.6 Å². The van der Waals surface area contributed by atoms with Crippen LogP contribution in [0.25, 0.3) is 0 Å². The van der Waals surface area contributed by atoms with Gasteiger partial charge in [-0.15, -0.1) is 0 Å². The molecule has 1 aromatic heterocycles. The van der Waals surface area contributed by atoms with Gasteiger partial charge in [0.15, 0.2) is 0 Å². The van der Waals surface area contributed by atoms with Crippen LogP contribution in [0, 0.1) is 10.5 Å². The van der Waals surface area contributed by atoms with Gasteiger partial charge < -0.3 is 9.72 Å². The number of halogens is 1. The smallest absolute Gasteiger partial charge is 0.264 e. The van der Waals surface area contributed by atoms with Gasteiger partial charge in [0.25, 0.3) is 5.56 Å². The number of aromatic amines is 1. The molecule has 1 atom stereocenters. The summed E-state index contributed by atoms with van der Waals surface area (Å²) in [7, 11) is 0. The van der Waals surface area contributed by atoms with E-state index in [1.54, 1.807) is 0 Å². The molecular formula is C10H15IN2O2. The molecule has 5 heteroatoms. The van der Waals surface area contributed by atoms with E-state index in [4.69, 9.17) is 4.74 Å². The third-order valence-electron chi connectivity index (χ3n) is 2.09. The van der Waals surface area contributed by atoms with Crippen molar-refractivity contribution in [3.8, 4) is 0 Å². The molecule has 0 bridgehead atoms. The second kappa shape index (κ2) is 5.60. The first-order valence-electron chi connectivity index (χ1n) is 4.98. The monoisotopic (exact) mass is 322 g/mol. The molecule has 0 radical (unpaired) electrons. The van der Waals surface area contributed by atoms with Crippen LogP contribution in [0.4, 0.5) is 0 Å². The van der Waals surface area contributed by atoms with Crippen LogP contribution >= 0.6 is 22.6 Å². The normalized spacial score (nSPS) is 12.8. The summed E-state index contributed by atoms with van der Waals surface area (Å²) in [5.41, 5.74) is 0.670. The van der Waals surface area contributed by atoms with E-state index in [2.05, 4.69) is 9.97 Å². The number of hydrogen-bond donors (Lipinski definition) is 1. The van der Waals surface area contributed by atoms with E-state index >= 15 is 0 Å². The summed E-state index contributed by atoms with van der Waals surface area (Å²) >= 11 is 2.00. The number of H-pyrrole nitrogens is 1. The van der Waals surface area contributed by atoms with Gasteiger partial charge in [0, 0.05) is 6.61 Å². The second-order valence-corrected chi connectivity index (χ2v) is 4.28. The molecule has 0 aliphatic rings. The lowest BCUT2D eigenvalue weighted by Crippen LogP contribution is -2.19. The number of hydrogen-bond acceptors (Lipinski definition) is 3. The number of ether oxygens (including phenoxy) is 1. The Morgan fingerprint density at radius 1 is 1.53 bits per heavy atom. The van der Waals surface area contributed by atoms with Crippen molar-refractivity contribution in [2.75, 3.05) is 6.61 Å². The molecular weight excluding hydrogens is 307 g/mol. The fourth-order valence-corrected chi connectivity index (χ4v) is 1.59. The SMILES string of the molecule is CCOC(CC)c1nc(C)c(I)c(=O)[nH]1. The summed E-state index contributed by atoms with van der Waals surface area (Å²) in [6.45, 7) is 6.39. The van der Waals surface area contributed by atoms with E-state index in [9.17, 15) is 4.79 Å². The first-order valence-corrected chi connectivity index (χ1v) is 6.05. The van der Waals surface area contributed by atoms with E-state index in [0.717, 1.165) is 12.1 Å². The standard InChI is InChI=1S/C10H15IN2O2/c1-4-7(15-5-2)9-12-6(3)8(11)10(14)13-9/h7H,4-5H2,1-3H3,(H,12,13,14). The lowest BCUT2D eigenvalue weighted by molar-refractivity contribution is 0.0531. The molecule has 0 aliphatic carbocycles. The molecule has 15 heavy (non-hydrogen) atoms. The van der Waals surface area contributed by atoms with Crippen LogP contribution in [-0.2, 0) is 4.74 Å². The zero-order chi connectivity index (χ0) is 11.4. The van der Waals surface area contributed by atoms with Crippen LogP contribution in [0.1, 0.15) is 37.9 Å². The third kappa shape index (κ3) is 3.01. The first kappa shape index (κ1) is 12.6. The quantitative estimate of drug-likeness (QED) is 0.865. The van der Waals surface area contributed by atoms with Gasteiger partial charge in [-0.2, -0.15) is 0 Å². The van der Waals surface area contributed by atoms with Crippen LogP contribution in [0.5, 0.6) is 0 Å². The van der Waals surface area contributed by atoms with Crippen molar-refractivity contribution in [1.29, 1.82) is 0 Å². The largest absolute Gasteiger partial charge is 0.371 e. The van der Waals surface area contributed by atoms with Crippen LogP contribution in [0.15, 0.2) is 4.79 Å². The Labute approximate surface area is 103 Å². The molecule has 0 saturated carbocycles. The van der Waals surface area contributed by atoms with Crippen molar-refractivity contribution in [1.82, 2.24) is 9.97 Å². The highest BCUT2D eigenvalue weighted by Crippen LogP contribution is 2.16. The van der Waals surface area contributed by atoms with Crippen LogP contribution in [0.3, 0.4) is 0 Å². The number of aryl methyl sites for hydroxylation is 1. The van der Waals surface area contributed by atoms with Crippen molar-refractivity contribution in [2.24, 2.45) is 0 Å². The first-order chi connectivity index (χ1) is 7.10. The average Bonchev–Trinajstić information content (AvgIpc) is 2.22. The lowest BCUT2D eigenvalue weighted by atomic mass is 10.2. The Morgan fingerprint density at radius 2 is 2.20 bits per heavy atom. The van der Waals surface area contributed by atoms with E-state index in [1.807, 2.05) is 43.4 Å². The van der Waals surface area contributed by atoms with Gasteiger partial charge in [0.1, 0.15) is 11.9 Å². The highest BCUT2D eigenvalue weighted by molar-refractivity contribution is 14.1. The maximum Gasteiger partial charge on any atom is 0.264 e. The highest BCUT2D eigenvalue weighted by Gasteiger charge is 2.14. The fourth-order valence-electron chi connectivity index (χ4n) is 1.34. The Morgan fingerprint density at radius 3 is 2.67 bits per heavy atom. The third-order valence-corrected chi connectivity index (χ3v) is 3.36. The molecule has 84 valence electrons. The summed E-state index contributed by atoms with van der Waals surface area (Å²) in [5.74, 6) is 0.627. The zero-order valence-corrected chi connectivity index (χ0v) is 11.3. The van der Waals surface area contributed by atoms with Gasteiger partial charge in [0.2, 0.25) is 0 Å². The minimum Gasteiger partial charge on any atom is -0.371 e. The molecule has 0 aliphatic heterocycles. The molecule has 0 saturated heterocycles. The molecule has 4 nitrogen and oxygen atoms in total. The molecule has 1 unspecified atom stereocenters. The minimum atomic E-state index is -0.113. The van der Waals surface area contributed by atoms with Crippen LogP contribution in [0.2, 0.25) is 0 Å². The average molecular weight is 322 g/mol. The summed E-state index contributed by atoms with van der Waals surface area (Å²) < 4.78 is 6.13. The van der Waals surface area contributed by atoms with Crippen molar-refractivity contribution in [3.63, 3.8) is 0 Å². The fraction of sp³-hybridized carbons (Fsp3) is 0.600. The van der Waals surface area contributed by atoms with Crippen LogP contribution < -0.4 is 5.56 Å². The topological polar surface area (TPSA) is 55.0 Å². The van der Waals surface area contributed by atoms with E-state index in [-0.39, 0.29) is 11.7 Å². The van der Waals surface area contributed by atoms with Gasteiger partial charge >= 0.3 is 0 Å². The summed E-state index contributed by atoms with van der Waals surface area (Å²) in [6.07, 6.45) is 0.690. The van der Waals surface area contributed by atoms with Gasteiger partial charge in [0.05, 0.1) is 9.26 Å². The molecule has 0 fully saturated rings. The lowest BCUT2D eigenvalue weighted by Gasteiger charge is -2.14. The number of nitrogens with zero attached hydrogens (tertiary/aromatic N) is 1. The maximum atomic E-state index is 11.5. The Balaban J connectivity index is 3.09. The van der Waals surface area contributed by atoms with Crippen molar-refractivity contribution in [3.05, 3.63) is 25.4 Å². The number of aromatic nitrogens is 2. The van der Waals surface area contributed by atoms with Crippen LogP contribution in [-0.4, -0.2) is 16.6 Å². The van der Waals surface area contributed by atoms with Gasteiger partial charge in [-0.3, -0.25) is 4.79 Å². The van der Waals surface area contributed by atoms with Crippen molar-refractivity contribution in [2.45, 2.75) is 33.3 Å². The number of rotatable bonds is 4. The van der Waals surface area contributed by atoms with E-state index < -0.39 is 0 Å². The van der Waals surface area contributed by atoms with E-state index in [1.165, 1.54) is 0 Å². The molecule has 1 heterocycles. The van der Waals surface area contributed by atoms with Gasteiger partial charge in [-0.05, 0) is 42.9 Å². The Bertz CT molecular complexity index is 389. The zero-order valence-electron chi connectivity index (χ0n) is 9.13. The summed E-state index contributed by atoms with van der Waals surface area (Å²) in [6, 6.07) is 0. The Kier molecular flexibility index (Phi) is 4.72. The van der Waals surface area contributed by atoms with E-state index in [0.29, 0.717) is 16.0 Å². The molecule has 1 N–H and O–H groups in total. The summed E-state index contributed by atoms with van der Waals surface area (Å²) in [4.78, 5) is 18.6. The second-order valence-electron chi connectivity index (χ2n) is 3.20. The highest BCUT2D eigenvalue weighted by atomic mass is 127.